The van der Waals surface area contributed by atoms with Crippen LogP contribution < -0.4 is 0 Å². The number of nitrogens with zero attached hydrogens (tertiary/aromatic N) is 1. The van der Waals surface area contributed by atoms with Crippen molar-refractivity contribution in [1.29, 1.82) is 0 Å². The van der Waals surface area contributed by atoms with E-state index in [0.717, 1.165) is 29.4 Å². The lowest BCUT2D eigenvalue weighted by Crippen LogP contribution is -2.00. The number of aromatic nitrogens is 1. The number of hydrogen-bond donors (Lipinski definition) is 0. The molecule has 2 aromatic carbocycles. The molecule has 0 atom stereocenters. The molecule has 0 radical (unpaired) electrons. The summed E-state index contributed by atoms with van der Waals surface area (Å²) < 4.78 is 12.8. The smallest absolute Gasteiger partial charge is 0.162 e. The second-order valence-electron chi connectivity index (χ2n) is 5.28. The zero-order valence-electron chi connectivity index (χ0n) is 12.1. The van der Waals surface area contributed by atoms with Crippen LogP contribution in [-0.4, -0.2) is 10.8 Å². The number of para-hydroxylation sites is 1. The molecule has 110 valence electrons. The van der Waals surface area contributed by atoms with Crippen LogP contribution in [0.3, 0.4) is 0 Å². The predicted molar refractivity (Wildman–Crippen MR) is 85.4 cm³/mol. The lowest BCUT2D eigenvalue weighted by Gasteiger charge is -2.03. The maximum atomic E-state index is 12.8. The average molecular weight is 293 g/mol. The molecule has 0 N–H and O–H groups in total. The Hall–Kier alpha value is -2.55. The van der Waals surface area contributed by atoms with Crippen LogP contribution in [0.1, 0.15) is 28.9 Å². The SMILES string of the molecule is O=C(CCCc1ccc2ccccc2n1)c1ccc(F)cc1. The van der Waals surface area contributed by atoms with Crippen molar-refractivity contribution in [2.24, 2.45) is 0 Å². The number of carbonyl (C=O) groups excluding carboxylic acids is 1. The Morgan fingerprint density at radius 1 is 0.955 bits per heavy atom. The van der Waals surface area contributed by atoms with Gasteiger partial charge in [0.25, 0.3) is 0 Å². The first-order valence-corrected chi connectivity index (χ1v) is 7.36. The number of halogens is 1. The van der Waals surface area contributed by atoms with E-state index in [0.29, 0.717) is 12.0 Å². The van der Waals surface area contributed by atoms with Crippen molar-refractivity contribution in [1.82, 2.24) is 4.98 Å². The molecule has 1 heterocycles. The van der Waals surface area contributed by atoms with Gasteiger partial charge in [0, 0.05) is 23.1 Å². The van der Waals surface area contributed by atoms with Crippen molar-refractivity contribution < 1.29 is 9.18 Å². The second kappa shape index (κ2) is 6.48. The average Bonchev–Trinajstić information content (AvgIpc) is 2.55. The highest BCUT2D eigenvalue weighted by molar-refractivity contribution is 5.95. The molecule has 0 aliphatic heterocycles. The highest BCUT2D eigenvalue weighted by Gasteiger charge is 2.06. The summed E-state index contributed by atoms with van der Waals surface area (Å²) in [5, 5.41) is 1.12. The zero-order chi connectivity index (χ0) is 15.4. The molecular weight excluding hydrogens is 277 g/mol. The quantitative estimate of drug-likeness (QED) is 0.644. The van der Waals surface area contributed by atoms with Crippen LogP contribution in [0.15, 0.2) is 60.7 Å². The number of pyridine rings is 1. The summed E-state index contributed by atoms with van der Waals surface area (Å²) >= 11 is 0. The molecule has 3 heteroatoms. The maximum absolute atomic E-state index is 12.8. The van der Waals surface area contributed by atoms with Gasteiger partial charge in [-0.3, -0.25) is 9.78 Å². The minimum atomic E-state index is -0.322. The van der Waals surface area contributed by atoms with Crippen LogP contribution in [0.5, 0.6) is 0 Å². The van der Waals surface area contributed by atoms with E-state index in [2.05, 4.69) is 11.1 Å². The summed E-state index contributed by atoms with van der Waals surface area (Å²) in [7, 11) is 0. The number of hydrogen-bond acceptors (Lipinski definition) is 2. The molecule has 0 aliphatic rings. The molecule has 0 amide bonds. The van der Waals surface area contributed by atoms with Crippen molar-refractivity contribution in [2.45, 2.75) is 19.3 Å². The Bertz CT molecular complexity index is 796. The third-order valence-electron chi connectivity index (χ3n) is 3.66. The van der Waals surface area contributed by atoms with Gasteiger partial charge in [-0.2, -0.15) is 0 Å². The van der Waals surface area contributed by atoms with Crippen molar-refractivity contribution in [3.8, 4) is 0 Å². The fraction of sp³-hybridized carbons (Fsp3) is 0.158. The molecule has 3 aromatic rings. The number of ketones is 1. The van der Waals surface area contributed by atoms with Crippen LogP contribution in [-0.2, 0) is 6.42 Å². The minimum absolute atomic E-state index is 0.0424. The molecule has 0 bridgehead atoms. The monoisotopic (exact) mass is 293 g/mol. The van der Waals surface area contributed by atoms with Gasteiger partial charge in [0.2, 0.25) is 0 Å². The lowest BCUT2D eigenvalue weighted by molar-refractivity contribution is 0.0980. The number of aryl methyl sites for hydroxylation is 1. The van der Waals surface area contributed by atoms with Crippen LogP contribution in [0, 0.1) is 5.82 Å². The third kappa shape index (κ3) is 3.37. The van der Waals surface area contributed by atoms with E-state index in [9.17, 15) is 9.18 Å². The molecule has 0 spiro atoms. The molecule has 22 heavy (non-hydrogen) atoms. The van der Waals surface area contributed by atoms with Gasteiger partial charge in [-0.15, -0.1) is 0 Å². The van der Waals surface area contributed by atoms with Crippen LogP contribution in [0.4, 0.5) is 4.39 Å². The third-order valence-corrected chi connectivity index (χ3v) is 3.66. The first kappa shape index (κ1) is 14.4. The molecule has 0 unspecified atom stereocenters. The summed E-state index contributed by atoms with van der Waals surface area (Å²) in [5.74, 6) is -0.280. The van der Waals surface area contributed by atoms with E-state index in [1.54, 1.807) is 0 Å². The van der Waals surface area contributed by atoms with Crippen LogP contribution >= 0.6 is 0 Å². The zero-order valence-corrected chi connectivity index (χ0v) is 12.1. The first-order chi connectivity index (χ1) is 10.7. The van der Waals surface area contributed by atoms with Gasteiger partial charge >= 0.3 is 0 Å². The van der Waals surface area contributed by atoms with Crippen LogP contribution in [0.25, 0.3) is 10.9 Å². The highest BCUT2D eigenvalue weighted by atomic mass is 19.1. The van der Waals surface area contributed by atoms with Gasteiger partial charge in [0.1, 0.15) is 5.82 Å². The summed E-state index contributed by atoms with van der Waals surface area (Å²) in [6, 6.07) is 17.7. The standard InChI is InChI=1S/C19H16FNO/c20-16-11-8-15(9-12-16)19(22)7-3-5-17-13-10-14-4-1-2-6-18(14)21-17/h1-2,4,6,8-13H,3,5,7H2. The van der Waals surface area contributed by atoms with Gasteiger partial charge in [-0.1, -0.05) is 24.3 Å². The van der Waals surface area contributed by atoms with Crippen molar-refractivity contribution in [2.75, 3.05) is 0 Å². The van der Waals surface area contributed by atoms with Gasteiger partial charge in [0.05, 0.1) is 5.52 Å². The highest BCUT2D eigenvalue weighted by Crippen LogP contribution is 2.14. The normalized spacial score (nSPS) is 10.8. The topological polar surface area (TPSA) is 30.0 Å². The van der Waals surface area contributed by atoms with E-state index in [4.69, 9.17) is 0 Å². The van der Waals surface area contributed by atoms with Crippen LogP contribution in [0.2, 0.25) is 0 Å². The van der Waals surface area contributed by atoms with Crippen molar-refractivity contribution in [3.05, 3.63) is 77.7 Å². The lowest BCUT2D eigenvalue weighted by atomic mass is 10.0. The number of benzene rings is 2. The van der Waals surface area contributed by atoms with Crippen molar-refractivity contribution in [3.63, 3.8) is 0 Å². The largest absolute Gasteiger partial charge is 0.294 e. The van der Waals surface area contributed by atoms with Gasteiger partial charge < -0.3 is 0 Å². The number of fused-ring (bicyclic) bond motifs is 1. The predicted octanol–water partition coefficient (Wildman–Crippen LogP) is 4.58. The Kier molecular flexibility index (Phi) is 4.24. The fourth-order valence-corrected chi connectivity index (χ4v) is 2.46. The van der Waals surface area contributed by atoms with Crippen molar-refractivity contribution >= 4 is 16.7 Å². The molecule has 0 saturated heterocycles. The first-order valence-electron chi connectivity index (χ1n) is 7.36. The number of carbonyl (C=O) groups is 1. The molecule has 3 rings (SSSR count). The molecule has 2 nitrogen and oxygen atoms in total. The van der Waals surface area contributed by atoms with E-state index in [-0.39, 0.29) is 11.6 Å². The Morgan fingerprint density at radius 2 is 1.73 bits per heavy atom. The molecule has 0 aliphatic carbocycles. The summed E-state index contributed by atoms with van der Waals surface area (Å²) in [4.78, 5) is 16.6. The molecular formula is C19H16FNO. The molecule has 0 saturated carbocycles. The van der Waals surface area contributed by atoms with Gasteiger partial charge in [0.15, 0.2) is 5.78 Å². The second-order valence-corrected chi connectivity index (χ2v) is 5.28. The van der Waals surface area contributed by atoms with Gasteiger partial charge in [-0.05, 0) is 49.2 Å². The van der Waals surface area contributed by atoms with Gasteiger partial charge in [-0.25, -0.2) is 4.39 Å². The van der Waals surface area contributed by atoms with E-state index in [1.807, 2.05) is 30.3 Å². The minimum Gasteiger partial charge on any atom is -0.294 e. The number of Topliss-reactive ketones (excluding diaryl/α,β-unsaturated/α-hetero) is 1. The summed E-state index contributed by atoms with van der Waals surface area (Å²) in [6.07, 6.45) is 1.94. The summed E-state index contributed by atoms with van der Waals surface area (Å²) in [5.41, 5.74) is 2.53. The van der Waals surface area contributed by atoms with E-state index in [1.165, 1.54) is 24.3 Å². The van der Waals surface area contributed by atoms with E-state index < -0.39 is 0 Å². The fourth-order valence-electron chi connectivity index (χ4n) is 2.46. The summed E-state index contributed by atoms with van der Waals surface area (Å²) in [6.45, 7) is 0. The molecule has 1 aromatic heterocycles. The number of rotatable bonds is 5. The Labute approximate surface area is 128 Å². The molecule has 0 fully saturated rings. The Balaban J connectivity index is 1.59. The maximum Gasteiger partial charge on any atom is 0.162 e. The van der Waals surface area contributed by atoms with E-state index >= 15 is 0 Å². The Morgan fingerprint density at radius 3 is 2.55 bits per heavy atom.